The highest BCUT2D eigenvalue weighted by molar-refractivity contribution is 6.24. The summed E-state index contributed by atoms with van der Waals surface area (Å²) in [5.74, 6) is -0.301. The average Bonchev–Trinajstić information content (AvgIpc) is 2.46. The summed E-state index contributed by atoms with van der Waals surface area (Å²) in [4.78, 5) is 39.3. The summed E-state index contributed by atoms with van der Waals surface area (Å²) >= 11 is 0. The Labute approximate surface area is 131 Å². The van der Waals surface area contributed by atoms with Crippen LogP contribution in [0.25, 0.3) is 0 Å². The molecular weight excluding hydrogens is 278 g/mol. The number of carbonyl (C=O) groups excluding carboxylic acids is 3. The van der Waals surface area contributed by atoms with Crippen molar-refractivity contribution in [3.63, 3.8) is 0 Å². The maximum atomic E-state index is 12.9. The van der Waals surface area contributed by atoms with Gasteiger partial charge < -0.3 is 4.90 Å². The van der Waals surface area contributed by atoms with Crippen LogP contribution in [0.15, 0.2) is 24.3 Å². The zero-order valence-corrected chi connectivity index (χ0v) is 13.7. The van der Waals surface area contributed by atoms with E-state index >= 15 is 0 Å². The van der Waals surface area contributed by atoms with Crippen molar-refractivity contribution in [2.45, 2.75) is 38.5 Å². The maximum absolute atomic E-state index is 12.9. The molecule has 1 aromatic carbocycles. The van der Waals surface area contributed by atoms with Gasteiger partial charge in [-0.1, -0.05) is 38.1 Å². The molecule has 1 aliphatic rings. The van der Waals surface area contributed by atoms with Gasteiger partial charge >= 0.3 is 0 Å². The minimum atomic E-state index is -1.21. The van der Waals surface area contributed by atoms with Crippen molar-refractivity contribution in [2.75, 3.05) is 14.1 Å². The summed E-state index contributed by atoms with van der Waals surface area (Å²) < 4.78 is 0. The second-order valence-electron chi connectivity index (χ2n) is 6.61. The fraction of sp³-hybridized carbons (Fsp3) is 0.500. The van der Waals surface area contributed by atoms with E-state index in [-0.39, 0.29) is 23.9 Å². The number of nitrogens with zero attached hydrogens (tertiary/aromatic N) is 1. The summed E-state index contributed by atoms with van der Waals surface area (Å²) in [6.45, 7) is 4.14. The third kappa shape index (κ3) is 2.58. The zero-order chi connectivity index (χ0) is 16.5. The van der Waals surface area contributed by atoms with E-state index in [0.29, 0.717) is 23.5 Å². The molecule has 0 bridgehead atoms. The van der Waals surface area contributed by atoms with E-state index in [1.807, 2.05) is 0 Å². The molecule has 0 spiro atoms. The Morgan fingerprint density at radius 2 is 1.86 bits per heavy atom. The molecule has 0 saturated carbocycles. The Balaban J connectivity index is 2.65. The lowest BCUT2D eigenvalue weighted by Crippen LogP contribution is -2.53. The Kier molecular flexibility index (Phi) is 4.50. The molecule has 2 rings (SSSR count). The molecule has 0 saturated heterocycles. The van der Waals surface area contributed by atoms with E-state index in [4.69, 9.17) is 0 Å². The van der Waals surface area contributed by atoms with Crippen molar-refractivity contribution in [1.82, 2.24) is 4.90 Å². The van der Waals surface area contributed by atoms with Crippen LogP contribution in [-0.4, -0.2) is 36.5 Å². The van der Waals surface area contributed by atoms with Gasteiger partial charge in [-0.05, 0) is 24.3 Å². The molecule has 0 fully saturated rings. The van der Waals surface area contributed by atoms with E-state index in [1.54, 1.807) is 38.4 Å². The molecule has 118 valence electrons. The molecule has 22 heavy (non-hydrogen) atoms. The first-order valence-corrected chi connectivity index (χ1v) is 7.68. The van der Waals surface area contributed by atoms with E-state index in [2.05, 4.69) is 13.8 Å². The highest BCUT2D eigenvalue weighted by Gasteiger charge is 2.52. The maximum Gasteiger partial charge on any atom is 0.240 e. The lowest BCUT2D eigenvalue weighted by atomic mass is 9.64. The van der Waals surface area contributed by atoms with Crippen molar-refractivity contribution in [3.8, 4) is 0 Å². The van der Waals surface area contributed by atoms with Gasteiger partial charge in [-0.25, -0.2) is 0 Å². The van der Waals surface area contributed by atoms with Gasteiger partial charge in [-0.15, -0.1) is 0 Å². The van der Waals surface area contributed by atoms with Gasteiger partial charge in [0.1, 0.15) is 5.41 Å². The van der Waals surface area contributed by atoms with Crippen LogP contribution in [0, 0.1) is 5.92 Å². The van der Waals surface area contributed by atoms with Crippen LogP contribution in [0.3, 0.4) is 0 Å². The van der Waals surface area contributed by atoms with Crippen molar-refractivity contribution in [3.05, 3.63) is 35.4 Å². The fourth-order valence-corrected chi connectivity index (χ4v) is 3.14. The molecule has 1 atom stereocenters. The quantitative estimate of drug-likeness (QED) is 0.803. The number of ketones is 2. The Morgan fingerprint density at radius 1 is 1.23 bits per heavy atom. The number of amides is 1. The SMILES string of the molecule is CC(C)CCC1(C(=O)N(C)C)C(=O)CC(=O)c2ccccc21. The van der Waals surface area contributed by atoms with E-state index in [9.17, 15) is 14.4 Å². The number of hydrogen-bond acceptors (Lipinski definition) is 3. The van der Waals surface area contributed by atoms with Gasteiger partial charge in [-0.3, -0.25) is 14.4 Å². The van der Waals surface area contributed by atoms with Crippen LogP contribution < -0.4 is 0 Å². The molecule has 1 aliphatic carbocycles. The van der Waals surface area contributed by atoms with Crippen LogP contribution >= 0.6 is 0 Å². The molecule has 0 heterocycles. The third-order valence-electron chi connectivity index (χ3n) is 4.35. The van der Waals surface area contributed by atoms with Gasteiger partial charge in [0.25, 0.3) is 0 Å². The standard InChI is InChI=1S/C18H23NO3/c1-12(2)9-10-18(17(22)19(3)4)14-8-6-5-7-13(14)15(20)11-16(18)21/h5-8,12H,9-11H2,1-4H3. The number of hydrogen-bond donors (Lipinski definition) is 0. The predicted molar refractivity (Wildman–Crippen MR) is 84.8 cm³/mol. The number of fused-ring (bicyclic) bond motifs is 1. The smallest absolute Gasteiger partial charge is 0.240 e. The second-order valence-corrected chi connectivity index (χ2v) is 6.61. The molecular formula is C18H23NO3. The van der Waals surface area contributed by atoms with Gasteiger partial charge in [0.2, 0.25) is 5.91 Å². The van der Waals surface area contributed by atoms with Crippen molar-refractivity contribution in [1.29, 1.82) is 0 Å². The molecule has 4 nitrogen and oxygen atoms in total. The number of carbonyl (C=O) groups is 3. The molecule has 0 radical (unpaired) electrons. The van der Waals surface area contributed by atoms with Crippen LogP contribution in [0.5, 0.6) is 0 Å². The number of Topliss-reactive ketones (excluding diaryl/α,β-unsaturated/α-hetero) is 2. The highest BCUT2D eigenvalue weighted by Crippen LogP contribution is 2.40. The summed E-state index contributed by atoms with van der Waals surface area (Å²) in [6.07, 6.45) is 1.02. The fourth-order valence-electron chi connectivity index (χ4n) is 3.14. The summed E-state index contributed by atoms with van der Waals surface area (Å²) in [5.41, 5.74) is -0.116. The number of likely N-dealkylation sites (N-methyl/N-ethyl adjacent to an activating group) is 1. The average molecular weight is 301 g/mol. The molecule has 0 aromatic heterocycles. The second kappa shape index (κ2) is 6.03. The first-order chi connectivity index (χ1) is 10.3. The molecule has 0 N–H and O–H groups in total. The summed E-state index contributed by atoms with van der Waals surface area (Å²) in [7, 11) is 3.32. The molecule has 4 heteroatoms. The van der Waals surface area contributed by atoms with Crippen LogP contribution in [-0.2, 0) is 15.0 Å². The van der Waals surface area contributed by atoms with Crippen LogP contribution in [0.2, 0.25) is 0 Å². The number of benzene rings is 1. The lowest BCUT2D eigenvalue weighted by Gasteiger charge is -2.38. The Hall–Kier alpha value is -1.97. The minimum Gasteiger partial charge on any atom is -0.348 e. The van der Waals surface area contributed by atoms with Crippen molar-refractivity contribution < 1.29 is 14.4 Å². The lowest BCUT2D eigenvalue weighted by molar-refractivity contribution is -0.142. The van der Waals surface area contributed by atoms with E-state index < -0.39 is 5.41 Å². The third-order valence-corrected chi connectivity index (χ3v) is 4.35. The Morgan fingerprint density at radius 3 is 2.45 bits per heavy atom. The predicted octanol–water partition coefficient (Wildman–Crippen LogP) is 2.60. The molecule has 1 amide bonds. The van der Waals surface area contributed by atoms with Gasteiger partial charge in [0.15, 0.2) is 11.6 Å². The first-order valence-electron chi connectivity index (χ1n) is 7.68. The van der Waals surface area contributed by atoms with Gasteiger partial charge in [0.05, 0.1) is 6.42 Å². The van der Waals surface area contributed by atoms with Crippen molar-refractivity contribution in [2.24, 2.45) is 5.92 Å². The summed E-state index contributed by atoms with van der Waals surface area (Å²) in [5, 5.41) is 0. The van der Waals surface area contributed by atoms with Gasteiger partial charge in [-0.2, -0.15) is 0 Å². The molecule has 1 unspecified atom stereocenters. The highest BCUT2D eigenvalue weighted by atomic mass is 16.2. The normalized spacial score (nSPS) is 21.0. The largest absolute Gasteiger partial charge is 0.348 e. The summed E-state index contributed by atoms with van der Waals surface area (Å²) in [6, 6.07) is 7.04. The van der Waals surface area contributed by atoms with Crippen LogP contribution in [0.4, 0.5) is 0 Å². The van der Waals surface area contributed by atoms with Crippen molar-refractivity contribution >= 4 is 17.5 Å². The van der Waals surface area contributed by atoms with Gasteiger partial charge in [0, 0.05) is 19.7 Å². The van der Waals surface area contributed by atoms with E-state index in [0.717, 1.165) is 6.42 Å². The molecule has 1 aromatic rings. The zero-order valence-electron chi connectivity index (χ0n) is 13.7. The number of rotatable bonds is 4. The minimum absolute atomic E-state index is 0.186. The van der Waals surface area contributed by atoms with Crippen LogP contribution in [0.1, 0.15) is 49.0 Å². The molecule has 0 aliphatic heterocycles. The first kappa shape index (κ1) is 16.4. The topological polar surface area (TPSA) is 54.5 Å². The monoisotopic (exact) mass is 301 g/mol. The van der Waals surface area contributed by atoms with E-state index in [1.165, 1.54) is 4.90 Å². The Bertz CT molecular complexity index is 619.